The highest BCUT2D eigenvalue weighted by Gasteiger charge is 2.48. The molecule has 2 aromatic carbocycles. The molecule has 1 fully saturated rings. The van der Waals surface area contributed by atoms with Crippen molar-refractivity contribution < 1.29 is 29.0 Å². The van der Waals surface area contributed by atoms with Crippen molar-refractivity contribution in [2.45, 2.75) is 53.5 Å². The molecule has 1 atom stereocenters. The van der Waals surface area contributed by atoms with Gasteiger partial charge in [0.15, 0.2) is 5.13 Å². The zero-order chi connectivity index (χ0) is 28.3. The van der Waals surface area contributed by atoms with Crippen LogP contribution in [0.15, 0.2) is 48.0 Å². The number of carbonyl (C=O) groups excluding carboxylic acids is 3. The highest BCUT2D eigenvalue weighted by atomic mass is 32.1. The summed E-state index contributed by atoms with van der Waals surface area (Å²) >= 11 is 0.982. The van der Waals surface area contributed by atoms with Crippen molar-refractivity contribution in [2.24, 2.45) is 0 Å². The van der Waals surface area contributed by atoms with Gasteiger partial charge in [0.1, 0.15) is 16.4 Å². The average Bonchev–Trinajstić information content (AvgIpc) is 3.42. The summed E-state index contributed by atoms with van der Waals surface area (Å²) < 4.78 is 11.0. The molecule has 1 saturated heterocycles. The molecule has 4 rings (SSSR count). The Morgan fingerprint density at radius 3 is 2.44 bits per heavy atom. The van der Waals surface area contributed by atoms with Crippen molar-refractivity contribution in [3.8, 4) is 5.75 Å². The lowest BCUT2D eigenvalue weighted by Gasteiger charge is -2.23. The van der Waals surface area contributed by atoms with E-state index in [1.54, 1.807) is 32.0 Å². The fourth-order valence-electron chi connectivity index (χ4n) is 4.41. The average molecular weight is 549 g/mol. The van der Waals surface area contributed by atoms with Crippen LogP contribution in [0.2, 0.25) is 0 Å². The number of anilines is 1. The number of ketones is 1. The number of rotatable bonds is 9. The minimum absolute atomic E-state index is 0.0477. The van der Waals surface area contributed by atoms with Gasteiger partial charge in [0.25, 0.3) is 5.78 Å². The van der Waals surface area contributed by atoms with E-state index in [9.17, 15) is 19.5 Å². The van der Waals surface area contributed by atoms with Crippen LogP contribution in [-0.4, -0.2) is 41.0 Å². The first-order chi connectivity index (χ1) is 18.7. The molecule has 1 aliphatic rings. The summed E-state index contributed by atoms with van der Waals surface area (Å²) in [7, 11) is 0. The number of unbranched alkanes of at least 4 members (excludes halogenated alkanes) is 1. The number of ether oxygens (including phenoxy) is 2. The molecular formula is C30H32N2O6S. The van der Waals surface area contributed by atoms with Crippen molar-refractivity contribution in [1.82, 2.24) is 4.98 Å². The van der Waals surface area contributed by atoms with Crippen molar-refractivity contribution >= 4 is 39.9 Å². The molecule has 2 heterocycles. The van der Waals surface area contributed by atoms with E-state index in [0.29, 0.717) is 29.2 Å². The van der Waals surface area contributed by atoms with Crippen LogP contribution < -0.4 is 9.64 Å². The Hall–Kier alpha value is -3.98. The molecule has 0 radical (unpaired) electrons. The number of aliphatic hydroxyl groups is 1. The Labute approximate surface area is 231 Å². The number of carbonyl (C=O) groups is 3. The van der Waals surface area contributed by atoms with Crippen molar-refractivity contribution in [1.29, 1.82) is 0 Å². The van der Waals surface area contributed by atoms with Gasteiger partial charge in [-0.1, -0.05) is 54.5 Å². The van der Waals surface area contributed by atoms with Crippen LogP contribution in [0, 0.1) is 20.8 Å². The third-order valence-corrected chi connectivity index (χ3v) is 7.63. The molecule has 9 heteroatoms. The van der Waals surface area contributed by atoms with Crippen molar-refractivity contribution in [3.63, 3.8) is 0 Å². The summed E-state index contributed by atoms with van der Waals surface area (Å²) in [6.07, 6.45) is 1.94. The van der Waals surface area contributed by atoms with Crippen molar-refractivity contribution in [2.75, 3.05) is 18.1 Å². The molecule has 1 aliphatic heterocycles. The number of hydrogen-bond donors (Lipinski definition) is 1. The molecular weight excluding hydrogens is 516 g/mol. The van der Waals surface area contributed by atoms with Gasteiger partial charge < -0.3 is 14.6 Å². The Balaban J connectivity index is 1.83. The van der Waals surface area contributed by atoms with Crippen LogP contribution in [0.1, 0.15) is 70.4 Å². The van der Waals surface area contributed by atoms with Crippen LogP contribution >= 0.6 is 11.3 Å². The number of benzene rings is 2. The summed E-state index contributed by atoms with van der Waals surface area (Å²) in [6, 6.07) is 11.6. The molecule has 204 valence electrons. The number of aliphatic hydroxyl groups excluding tert-OH is 1. The monoisotopic (exact) mass is 548 g/mol. The van der Waals surface area contributed by atoms with Gasteiger partial charge in [0.05, 0.1) is 30.5 Å². The molecule has 1 aromatic heterocycles. The molecule has 0 bridgehead atoms. The Morgan fingerprint density at radius 1 is 1.08 bits per heavy atom. The van der Waals surface area contributed by atoms with Gasteiger partial charge in [-0.2, -0.15) is 0 Å². The van der Waals surface area contributed by atoms with E-state index in [-0.39, 0.29) is 27.9 Å². The number of hydrogen-bond acceptors (Lipinski definition) is 8. The highest BCUT2D eigenvalue weighted by molar-refractivity contribution is 7.17. The molecule has 0 saturated carbocycles. The number of esters is 1. The smallest absolute Gasteiger partial charge is 0.350 e. The van der Waals surface area contributed by atoms with E-state index in [2.05, 4.69) is 11.9 Å². The molecule has 39 heavy (non-hydrogen) atoms. The normalized spacial score (nSPS) is 16.5. The van der Waals surface area contributed by atoms with Gasteiger partial charge in [0.2, 0.25) is 0 Å². The van der Waals surface area contributed by atoms with E-state index >= 15 is 0 Å². The van der Waals surface area contributed by atoms with Crippen LogP contribution in [0.5, 0.6) is 5.75 Å². The van der Waals surface area contributed by atoms with Crippen LogP contribution in [0.4, 0.5) is 5.13 Å². The minimum atomic E-state index is -0.938. The number of aromatic nitrogens is 1. The predicted molar refractivity (Wildman–Crippen MR) is 150 cm³/mol. The highest BCUT2D eigenvalue weighted by Crippen LogP contribution is 2.44. The number of nitrogens with zero attached hydrogens (tertiary/aromatic N) is 2. The third kappa shape index (κ3) is 5.59. The van der Waals surface area contributed by atoms with Gasteiger partial charge in [-0.15, -0.1) is 0 Å². The minimum Gasteiger partial charge on any atom is -0.507 e. The van der Waals surface area contributed by atoms with Crippen LogP contribution in [0.25, 0.3) is 5.76 Å². The number of Topliss-reactive ketones (excluding diaryl/α,β-unsaturated/α-hetero) is 1. The first kappa shape index (κ1) is 28.0. The predicted octanol–water partition coefficient (Wildman–Crippen LogP) is 6.05. The maximum absolute atomic E-state index is 13.5. The second-order valence-electron chi connectivity index (χ2n) is 9.39. The summed E-state index contributed by atoms with van der Waals surface area (Å²) in [5.41, 5.74) is 3.17. The van der Waals surface area contributed by atoms with E-state index in [0.717, 1.165) is 35.3 Å². The summed E-state index contributed by atoms with van der Waals surface area (Å²) in [4.78, 5) is 45.3. The quantitative estimate of drug-likeness (QED) is 0.114. The molecule has 3 aromatic rings. The van der Waals surface area contributed by atoms with Crippen LogP contribution in [-0.2, 0) is 14.3 Å². The van der Waals surface area contributed by atoms with Gasteiger partial charge in [-0.05, 0) is 63.4 Å². The first-order valence-electron chi connectivity index (χ1n) is 12.9. The Kier molecular flexibility index (Phi) is 8.50. The molecule has 0 aliphatic carbocycles. The molecule has 0 spiro atoms. The fourth-order valence-corrected chi connectivity index (χ4v) is 5.39. The SMILES string of the molecule is CCCCOc1ccc(/C(O)=C2\C(=O)C(=O)N(c3nc(C)c(C(=O)OCC)s3)[C@H]2c2ccc(C)cc2)cc1C. The van der Waals surface area contributed by atoms with Gasteiger partial charge in [-0.3, -0.25) is 14.5 Å². The van der Waals surface area contributed by atoms with Gasteiger partial charge >= 0.3 is 11.9 Å². The van der Waals surface area contributed by atoms with E-state index in [1.807, 2.05) is 38.1 Å². The fraction of sp³-hybridized carbons (Fsp3) is 0.333. The van der Waals surface area contributed by atoms with E-state index < -0.39 is 23.7 Å². The second kappa shape index (κ2) is 11.8. The lowest BCUT2D eigenvalue weighted by Crippen LogP contribution is -2.29. The Morgan fingerprint density at radius 2 is 1.79 bits per heavy atom. The summed E-state index contributed by atoms with van der Waals surface area (Å²) in [5.74, 6) is -1.80. The lowest BCUT2D eigenvalue weighted by molar-refractivity contribution is -0.132. The second-order valence-corrected chi connectivity index (χ2v) is 10.4. The standard InChI is InChI=1S/C30H32N2O6S/c1-6-8-15-38-22-14-13-21(16-18(22)4)25(33)23-24(20-11-9-17(3)10-12-20)32(28(35)26(23)34)30-31-19(5)27(39-30)29(36)37-7-2/h9-14,16,24,33H,6-8,15H2,1-5H3/b25-23+/t24-/m0/s1. The van der Waals surface area contributed by atoms with Gasteiger partial charge in [0, 0.05) is 5.56 Å². The maximum atomic E-state index is 13.5. The summed E-state index contributed by atoms with van der Waals surface area (Å²) in [6.45, 7) is 10.0. The molecule has 0 unspecified atom stereocenters. The number of thiazole rings is 1. The van der Waals surface area contributed by atoms with Gasteiger partial charge in [-0.25, -0.2) is 9.78 Å². The largest absolute Gasteiger partial charge is 0.507 e. The topological polar surface area (TPSA) is 106 Å². The van der Waals surface area contributed by atoms with Crippen molar-refractivity contribution in [3.05, 3.63) is 80.9 Å². The van der Waals surface area contributed by atoms with E-state index in [4.69, 9.17) is 9.47 Å². The van der Waals surface area contributed by atoms with E-state index in [1.165, 1.54) is 4.90 Å². The lowest BCUT2D eigenvalue weighted by atomic mass is 9.94. The maximum Gasteiger partial charge on any atom is 0.350 e. The number of amides is 1. The zero-order valence-electron chi connectivity index (χ0n) is 22.7. The number of aryl methyl sites for hydroxylation is 3. The third-order valence-electron chi connectivity index (χ3n) is 6.49. The molecule has 1 N–H and O–H groups in total. The molecule has 8 nitrogen and oxygen atoms in total. The molecule has 1 amide bonds. The Bertz CT molecular complexity index is 1440. The first-order valence-corrected chi connectivity index (χ1v) is 13.7. The van der Waals surface area contributed by atoms with Crippen LogP contribution in [0.3, 0.4) is 0 Å². The zero-order valence-corrected chi connectivity index (χ0v) is 23.6. The summed E-state index contributed by atoms with van der Waals surface area (Å²) in [5, 5.41) is 11.6.